The van der Waals surface area contributed by atoms with Gasteiger partial charge in [-0.15, -0.1) is 0 Å². The van der Waals surface area contributed by atoms with Crippen LogP contribution in [0.1, 0.15) is 85.0 Å². The van der Waals surface area contributed by atoms with E-state index >= 15 is 0 Å². The van der Waals surface area contributed by atoms with Crippen molar-refractivity contribution >= 4 is 15.9 Å². The minimum atomic E-state index is -0.334. The van der Waals surface area contributed by atoms with Crippen molar-refractivity contribution in [1.82, 2.24) is 0 Å². The highest BCUT2D eigenvalue weighted by atomic mass is 79.9. The third kappa shape index (κ3) is 3.06. The zero-order valence-corrected chi connectivity index (χ0v) is 18.7. The van der Waals surface area contributed by atoms with Crippen LogP contribution in [0.25, 0.3) is 0 Å². The Labute approximate surface area is 169 Å². The number of rotatable bonds is 4. The average molecular weight is 423 g/mol. The van der Waals surface area contributed by atoms with Gasteiger partial charge in [0.05, 0.1) is 5.60 Å². The van der Waals surface area contributed by atoms with Crippen molar-refractivity contribution in [3.05, 3.63) is 11.6 Å². The van der Waals surface area contributed by atoms with Crippen molar-refractivity contribution in [2.45, 2.75) is 90.6 Å². The number of halogens is 1. The van der Waals surface area contributed by atoms with E-state index in [4.69, 9.17) is 0 Å². The third-order valence-electron chi connectivity index (χ3n) is 9.22. The lowest BCUT2D eigenvalue weighted by Gasteiger charge is -2.57. The molecule has 3 fully saturated rings. The van der Waals surface area contributed by atoms with Crippen LogP contribution in [-0.2, 0) is 0 Å². The summed E-state index contributed by atoms with van der Waals surface area (Å²) >= 11 is 3.74. The zero-order chi connectivity index (χ0) is 18.5. The Morgan fingerprint density at radius 2 is 1.92 bits per heavy atom. The van der Waals surface area contributed by atoms with Crippen molar-refractivity contribution < 1.29 is 5.11 Å². The average Bonchev–Trinajstić information content (AvgIpc) is 2.98. The Morgan fingerprint density at radius 3 is 2.65 bits per heavy atom. The van der Waals surface area contributed by atoms with E-state index < -0.39 is 0 Å². The predicted octanol–water partition coefficient (Wildman–Crippen LogP) is 6.74. The number of hydrogen-bond donors (Lipinski definition) is 1. The summed E-state index contributed by atoms with van der Waals surface area (Å²) in [5, 5.41) is 12.1. The van der Waals surface area contributed by atoms with E-state index in [1.54, 1.807) is 5.57 Å². The second kappa shape index (κ2) is 7.21. The number of allylic oxidation sites excluding steroid dienone is 2. The molecule has 1 N–H and O–H groups in total. The first kappa shape index (κ1) is 19.5. The maximum atomic E-state index is 11.0. The summed E-state index contributed by atoms with van der Waals surface area (Å²) < 4.78 is 0. The number of alkyl halides is 1. The summed E-state index contributed by atoms with van der Waals surface area (Å²) in [5.74, 6) is 5.20. The van der Waals surface area contributed by atoms with Gasteiger partial charge in [0.1, 0.15) is 0 Å². The molecule has 148 valence electrons. The van der Waals surface area contributed by atoms with E-state index in [2.05, 4.69) is 42.8 Å². The van der Waals surface area contributed by atoms with Gasteiger partial charge in [0, 0.05) is 5.33 Å². The highest BCUT2D eigenvalue weighted by molar-refractivity contribution is 9.09. The van der Waals surface area contributed by atoms with Gasteiger partial charge in [-0.25, -0.2) is 0 Å². The van der Waals surface area contributed by atoms with E-state index in [-0.39, 0.29) is 5.60 Å². The first-order valence-electron chi connectivity index (χ1n) is 11.4. The molecule has 2 heteroatoms. The standard InChI is InChI=1S/C24H39BrO/c1-4-11-24(26)13-10-18-17(14-24)5-6-20-19(18)9-12-23(3)21(16(2)15-25)7-8-22(20)23/h7,16-20,22,26H,4-6,8-15H2,1-3H3/t16-,17+,18-,19+,20+,22-,23+,24+/m0/s1. The number of hydrogen-bond acceptors (Lipinski definition) is 1. The Hall–Kier alpha value is 0.180. The molecule has 26 heavy (non-hydrogen) atoms. The Morgan fingerprint density at radius 1 is 1.15 bits per heavy atom. The molecule has 4 aliphatic rings. The SMILES string of the molecule is CCC[C@@]1(O)CC[C@H]2[C@H](CC[C@@H]3[C@@H]2CC[C@]2(C)C([C@@H](C)CBr)=CC[C@@H]32)C1. The molecule has 0 amide bonds. The van der Waals surface area contributed by atoms with Crippen LogP contribution in [0.4, 0.5) is 0 Å². The van der Waals surface area contributed by atoms with Gasteiger partial charge in [-0.3, -0.25) is 0 Å². The summed E-state index contributed by atoms with van der Waals surface area (Å²) in [6.07, 6.45) is 15.2. The van der Waals surface area contributed by atoms with Crippen molar-refractivity contribution in [3.8, 4) is 0 Å². The smallest absolute Gasteiger partial charge is 0.0650 e. The molecule has 4 aliphatic carbocycles. The van der Waals surface area contributed by atoms with Crippen LogP contribution in [0.3, 0.4) is 0 Å². The zero-order valence-electron chi connectivity index (χ0n) is 17.1. The molecule has 0 heterocycles. The van der Waals surface area contributed by atoms with Gasteiger partial charge in [-0.1, -0.05) is 54.8 Å². The molecule has 0 aromatic rings. The molecule has 0 radical (unpaired) electrons. The number of aliphatic hydroxyl groups is 1. The van der Waals surface area contributed by atoms with E-state index in [1.807, 2.05) is 0 Å². The Bertz CT molecular complexity index is 556. The lowest BCUT2D eigenvalue weighted by molar-refractivity contribution is -0.101. The lowest BCUT2D eigenvalue weighted by atomic mass is 9.48. The van der Waals surface area contributed by atoms with Gasteiger partial charge in [0.15, 0.2) is 0 Å². The van der Waals surface area contributed by atoms with E-state index in [9.17, 15) is 5.11 Å². The second-order valence-electron chi connectivity index (χ2n) is 10.6. The molecule has 8 atom stereocenters. The maximum absolute atomic E-state index is 11.0. The highest BCUT2D eigenvalue weighted by Gasteiger charge is 2.55. The molecule has 3 saturated carbocycles. The van der Waals surface area contributed by atoms with Crippen LogP contribution < -0.4 is 0 Å². The maximum Gasteiger partial charge on any atom is 0.0650 e. The molecule has 0 spiro atoms. The monoisotopic (exact) mass is 422 g/mol. The fraction of sp³-hybridized carbons (Fsp3) is 0.917. The van der Waals surface area contributed by atoms with Crippen LogP contribution in [0, 0.1) is 40.9 Å². The third-order valence-corrected chi connectivity index (χ3v) is 10.2. The molecule has 4 rings (SSSR count). The van der Waals surface area contributed by atoms with E-state index in [0.29, 0.717) is 11.3 Å². The molecular weight excluding hydrogens is 384 g/mol. The number of fused-ring (bicyclic) bond motifs is 5. The first-order valence-corrected chi connectivity index (χ1v) is 12.5. The summed E-state index contributed by atoms with van der Waals surface area (Å²) in [5.41, 5.74) is 1.90. The summed E-state index contributed by atoms with van der Waals surface area (Å²) in [4.78, 5) is 0. The van der Waals surface area contributed by atoms with Crippen molar-refractivity contribution in [2.75, 3.05) is 5.33 Å². The molecule has 0 aromatic carbocycles. The van der Waals surface area contributed by atoms with E-state index in [0.717, 1.165) is 60.6 Å². The van der Waals surface area contributed by atoms with E-state index in [1.165, 1.54) is 38.5 Å². The normalized spacial score (nSPS) is 49.0. The van der Waals surface area contributed by atoms with Gasteiger partial charge in [-0.05, 0) is 98.7 Å². The van der Waals surface area contributed by atoms with Crippen molar-refractivity contribution in [3.63, 3.8) is 0 Å². The quantitative estimate of drug-likeness (QED) is 0.392. The molecule has 0 saturated heterocycles. The highest BCUT2D eigenvalue weighted by Crippen LogP contribution is 2.64. The van der Waals surface area contributed by atoms with Crippen LogP contribution in [0.2, 0.25) is 0 Å². The molecule has 1 nitrogen and oxygen atoms in total. The molecule has 0 bridgehead atoms. The Balaban J connectivity index is 1.50. The fourth-order valence-corrected chi connectivity index (χ4v) is 8.45. The van der Waals surface area contributed by atoms with Gasteiger partial charge < -0.3 is 5.11 Å². The predicted molar refractivity (Wildman–Crippen MR) is 113 cm³/mol. The topological polar surface area (TPSA) is 20.2 Å². The first-order chi connectivity index (χ1) is 12.4. The van der Waals surface area contributed by atoms with Crippen LogP contribution in [0.15, 0.2) is 11.6 Å². The fourth-order valence-electron chi connectivity index (χ4n) is 8.10. The van der Waals surface area contributed by atoms with Crippen molar-refractivity contribution in [1.29, 1.82) is 0 Å². The molecule has 0 aliphatic heterocycles. The molecule has 0 aromatic heterocycles. The minimum Gasteiger partial charge on any atom is -0.390 e. The summed E-state index contributed by atoms with van der Waals surface area (Å²) in [6.45, 7) is 7.23. The van der Waals surface area contributed by atoms with Crippen molar-refractivity contribution in [2.24, 2.45) is 40.9 Å². The molecule has 0 unspecified atom stereocenters. The van der Waals surface area contributed by atoms with Crippen LogP contribution in [-0.4, -0.2) is 16.0 Å². The van der Waals surface area contributed by atoms with Crippen LogP contribution in [0.5, 0.6) is 0 Å². The lowest BCUT2D eigenvalue weighted by Crippen LogP contribution is -2.50. The summed E-state index contributed by atoms with van der Waals surface area (Å²) in [6, 6.07) is 0. The van der Waals surface area contributed by atoms with Gasteiger partial charge >= 0.3 is 0 Å². The van der Waals surface area contributed by atoms with Gasteiger partial charge in [-0.2, -0.15) is 0 Å². The van der Waals surface area contributed by atoms with Gasteiger partial charge in [0.25, 0.3) is 0 Å². The summed E-state index contributed by atoms with van der Waals surface area (Å²) in [7, 11) is 0. The minimum absolute atomic E-state index is 0.334. The van der Waals surface area contributed by atoms with Crippen LogP contribution >= 0.6 is 15.9 Å². The van der Waals surface area contributed by atoms with Gasteiger partial charge in [0.2, 0.25) is 0 Å². The Kier molecular flexibility index (Phi) is 5.41. The largest absolute Gasteiger partial charge is 0.390 e. The molecular formula is C24H39BrO. The second-order valence-corrected chi connectivity index (χ2v) is 11.2.